The Kier molecular flexibility index (Phi) is 5.30. The largest absolute Gasteiger partial charge is 0.391 e. The molecule has 2 bridgehead atoms. The van der Waals surface area contributed by atoms with Crippen molar-refractivity contribution in [3.63, 3.8) is 0 Å². The van der Waals surface area contributed by atoms with E-state index in [4.69, 9.17) is 4.98 Å². The number of aromatic nitrogens is 2. The average Bonchev–Trinajstić information content (AvgIpc) is 3.30. The molecule has 2 fully saturated rings. The van der Waals surface area contributed by atoms with Crippen LogP contribution in [0.25, 0.3) is 0 Å². The van der Waals surface area contributed by atoms with E-state index < -0.39 is 12.1 Å². The number of fused-ring (bicyclic) bond motifs is 4. The summed E-state index contributed by atoms with van der Waals surface area (Å²) >= 11 is 1.43. The first-order chi connectivity index (χ1) is 15.2. The van der Waals surface area contributed by atoms with Crippen LogP contribution < -0.4 is 15.1 Å². The molecule has 3 unspecified atom stereocenters. The number of nitrogens with one attached hydrogen (secondary N) is 1. The van der Waals surface area contributed by atoms with Gasteiger partial charge in [-0.2, -0.15) is 13.2 Å². The van der Waals surface area contributed by atoms with Crippen molar-refractivity contribution >= 4 is 34.0 Å². The number of halogens is 3. The molecular formula is C22H26F3N5OS. The summed E-state index contributed by atoms with van der Waals surface area (Å²) in [5.41, 5.74) is 2.40. The Balaban J connectivity index is 1.44. The predicted octanol–water partition coefficient (Wildman–Crippen LogP) is 5.62. The highest BCUT2D eigenvalue weighted by molar-refractivity contribution is 7.15. The fourth-order valence-corrected chi connectivity index (χ4v) is 5.95. The number of hydrogen-bond acceptors (Lipinski definition) is 5. The third-order valence-corrected chi connectivity index (χ3v) is 7.98. The number of urea groups is 1. The van der Waals surface area contributed by atoms with Gasteiger partial charge in [-0.1, -0.05) is 6.42 Å². The highest BCUT2D eigenvalue weighted by Gasteiger charge is 2.44. The van der Waals surface area contributed by atoms with Crippen molar-refractivity contribution in [2.75, 3.05) is 28.2 Å². The first-order valence-corrected chi connectivity index (χ1v) is 11.9. The molecule has 172 valence electrons. The number of amides is 2. The van der Waals surface area contributed by atoms with Gasteiger partial charge < -0.3 is 4.90 Å². The number of carbonyl (C=O) groups excluding carboxylic acids is 1. The molecule has 2 aromatic rings. The molecule has 1 aliphatic carbocycles. The molecule has 0 spiro atoms. The van der Waals surface area contributed by atoms with Gasteiger partial charge in [-0.15, -0.1) is 11.3 Å². The second-order valence-corrected chi connectivity index (χ2v) is 10.2. The van der Waals surface area contributed by atoms with Crippen molar-refractivity contribution in [1.29, 1.82) is 0 Å². The summed E-state index contributed by atoms with van der Waals surface area (Å²) in [5, 5.41) is 3.45. The molecule has 3 aliphatic rings. The topological polar surface area (TPSA) is 61.4 Å². The minimum absolute atomic E-state index is 0.0123. The van der Waals surface area contributed by atoms with Crippen molar-refractivity contribution in [3.8, 4) is 0 Å². The molecule has 32 heavy (non-hydrogen) atoms. The van der Waals surface area contributed by atoms with Gasteiger partial charge in [0.25, 0.3) is 0 Å². The van der Waals surface area contributed by atoms with E-state index in [9.17, 15) is 18.0 Å². The number of nitrogens with zero attached hydrogens (tertiary/aromatic N) is 4. The quantitative estimate of drug-likeness (QED) is 0.625. The van der Waals surface area contributed by atoms with Crippen LogP contribution in [-0.4, -0.2) is 41.3 Å². The molecule has 6 nitrogen and oxygen atoms in total. The highest BCUT2D eigenvalue weighted by Crippen LogP contribution is 2.45. The molecule has 2 aliphatic heterocycles. The smallest absolute Gasteiger partial charge is 0.366 e. The Bertz CT molecular complexity index is 1020. The SMILES string of the molecule is Cc1nc(NC(=O)N2c3nc(C4CCCC(C(F)(F)F)C4)ccc3N3CCC2C3)sc1C. The fraction of sp³-hybridized carbons (Fsp3) is 0.591. The van der Waals surface area contributed by atoms with E-state index in [1.807, 2.05) is 26.0 Å². The Morgan fingerprint density at radius 3 is 2.72 bits per heavy atom. The number of thiazole rings is 1. The fourth-order valence-electron chi connectivity index (χ4n) is 5.15. The molecule has 1 saturated heterocycles. The van der Waals surface area contributed by atoms with Gasteiger partial charge in [0, 0.05) is 29.6 Å². The van der Waals surface area contributed by atoms with E-state index >= 15 is 0 Å². The van der Waals surface area contributed by atoms with Gasteiger partial charge in [0.05, 0.1) is 23.3 Å². The van der Waals surface area contributed by atoms with E-state index in [1.54, 1.807) is 4.90 Å². The predicted molar refractivity (Wildman–Crippen MR) is 119 cm³/mol. The first-order valence-electron chi connectivity index (χ1n) is 11.1. The van der Waals surface area contributed by atoms with Gasteiger partial charge >= 0.3 is 12.2 Å². The van der Waals surface area contributed by atoms with Crippen LogP contribution in [0.3, 0.4) is 0 Å². The van der Waals surface area contributed by atoms with E-state index in [-0.39, 0.29) is 30.8 Å². The maximum Gasteiger partial charge on any atom is 0.391 e. The molecule has 1 saturated carbocycles. The van der Waals surface area contributed by atoms with Gasteiger partial charge in [0.1, 0.15) is 0 Å². The lowest BCUT2D eigenvalue weighted by Gasteiger charge is -2.36. The van der Waals surface area contributed by atoms with Crippen LogP contribution in [0.4, 0.5) is 34.6 Å². The van der Waals surface area contributed by atoms with Crippen LogP contribution in [-0.2, 0) is 0 Å². The van der Waals surface area contributed by atoms with E-state index in [0.29, 0.717) is 29.5 Å². The summed E-state index contributed by atoms with van der Waals surface area (Å²) in [6.45, 7) is 5.42. The standard InChI is InChI=1S/C22H26F3N5OS/c1-12-13(2)32-20(26-12)28-21(31)30-16-8-9-29(11-16)18-7-6-17(27-19(18)30)14-4-3-5-15(10-14)22(23,24)25/h6-7,14-16H,3-5,8-11H2,1-2H3,(H,26,28,31). The van der Waals surface area contributed by atoms with Crippen molar-refractivity contribution in [2.24, 2.45) is 5.92 Å². The lowest BCUT2D eigenvalue weighted by Crippen LogP contribution is -2.48. The molecular weight excluding hydrogens is 439 g/mol. The van der Waals surface area contributed by atoms with Gasteiger partial charge in [0.15, 0.2) is 10.9 Å². The molecule has 1 N–H and O–H groups in total. The summed E-state index contributed by atoms with van der Waals surface area (Å²) < 4.78 is 40.0. The maximum absolute atomic E-state index is 13.3. The summed E-state index contributed by atoms with van der Waals surface area (Å²) in [6.07, 6.45) is -1.87. The van der Waals surface area contributed by atoms with Gasteiger partial charge in [-0.25, -0.2) is 14.8 Å². The van der Waals surface area contributed by atoms with Crippen molar-refractivity contribution in [2.45, 2.75) is 64.1 Å². The van der Waals surface area contributed by atoms with Gasteiger partial charge in [-0.05, 0) is 51.7 Å². The number of alkyl halides is 3. The van der Waals surface area contributed by atoms with Gasteiger partial charge in [-0.3, -0.25) is 10.2 Å². The summed E-state index contributed by atoms with van der Waals surface area (Å²) in [5.74, 6) is -0.980. The number of pyridine rings is 1. The number of carbonyl (C=O) groups is 1. The third-order valence-electron chi connectivity index (χ3n) is 6.99. The second-order valence-electron chi connectivity index (χ2n) is 9.03. The lowest BCUT2D eigenvalue weighted by molar-refractivity contribution is -0.183. The molecule has 3 atom stereocenters. The second kappa shape index (κ2) is 7.90. The highest BCUT2D eigenvalue weighted by atomic mass is 32.1. The van der Waals surface area contributed by atoms with Crippen molar-refractivity contribution < 1.29 is 18.0 Å². The van der Waals surface area contributed by atoms with Crippen LogP contribution >= 0.6 is 11.3 Å². The summed E-state index contributed by atoms with van der Waals surface area (Å²) in [6, 6.07) is 3.48. The van der Waals surface area contributed by atoms with Crippen LogP contribution in [0.1, 0.15) is 54.3 Å². The summed E-state index contributed by atoms with van der Waals surface area (Å²) in [7, 11) is 0. The van der Waals surface area contributed by atoms with E-state index in [1.165, 1.54) is 11.3 Å². The maximum atomic E-state index is 13.3. The average molecular weight is 466 g/mol. The molecule has 2 amide bonds. The Labute approximate surface area is 188 Å². The normalized spacial score (nSPS) is 25.1. The number of rotatable bonds is 2. The molecule has 0 aromatic carbocycles. The van der Waals surface area contributed by atoms with Crippen LogP contribution in [0.15, 0.2) is 12.1 Å². The minimum Gasteiger partial charge on any atom is -0.366 e. The lowest BCUT2D eigenvalue weighted by atomic mass is 9.79. The summed E-state index contributed by atoms with van der Waals surface area (Å²) in [4.78, 5) is 27.4. The van der Waals surface area contributed by atoms with Gasteiger partial charge in [0.2, 0.25) is 0 Å². The number of hydrogen-bond donors (Lipinski definition) is 1. The van der Waals surface area contributed by atoms with Crippen LogP contribution in [0.5, 0.6) is 0 Å². The van der Waals surface area contributed by atoms with E-state index in [2.05, 4.69) is 15.2 Å². The molecule has 2 aromatic heterocycles. The number of aryl methyl sites for hydroxylation is 2. The molecule has 0 radical (unpaired) electrons. The van der Waals surface area contributed by atoms with Crippen LogP contribution in [0.2, 0.25) is 0 Å². The van der Waals surface area contributed by atoms with E-state index in [0.717, 1.165) is 35.8 Å². The Hall–Kier alpha value is -2.36. The van der Waals surface area contributed by atoms with Crippen LogP contribution in [0, 0.1) is 19.8 Å². The Morgan fingerprint density at radius 1 is 1.19 bits per heavy atom. The molecule has 5 rings (SSSR count). The van der Waals surface area contributed by atoms with Crippen molar-refractivity contribution in [3.05, 3.63) is 28.4 Å². The van der Waals surface area contributed by atoms with Crippen molar-refractivity contribution in [1.82, 2.24) is 9.97 Å². The zero-order chi connectivity index (χ0) is 22.6. The Morgan fingerprint density at radius 2 is 2.00 bits per heavy atom. The zero-order valence-electron chi connectivity index (χ0n) is 18.1. The molecule has 10 heteroatoms. The minimum atomic E-state index is -4.17. The zero-order valence-corrected chi connectivity index (χ0v) is 18.9. The third kappa shape index (κ3) is 3.82. The monoisotopic (exact) mass is 465 g/mol. The first kappa shape index (κ1) is 21.5. The molecule has 4 heterocycles. The number of anilines is 3.